The molecule has 0 aliphatic rings. The third kappa shape index (κ3) is 8.98. The van der Waals surface area contributed by atoms with Crippen LogP contribution in [0.2, 0.25) is 39.3 Å². The van der Waals surface area contributed by atoms with Crippen LogP contribution in [0.3, 0.4) is 0 Å². The second kappa shape index (κ2) is 19.2. The lowest BCUT2D eigenvalue weighted by atomic mass is 9.84. The Morgan fingerprint density at radius 3 is 0.959 bits per heavy atom. The predicted molar refractivity (Wildman–Crippen MR) is 333 cm³/mol. The summed E-state index contributed by atoms with van der Waals surface area (Å²) in [7, 11) is -3.16. The van der Waals surface area contributed by atoms with Crippen LogP contribution in [0.15, 0.2) is 158 Å². The molecule has 0 radical (unpaired) electrons. The summed E-state index contributed by atoms with van der Waals surface area (Å²) in [4.78, 5) is 5.19. The van der Waals surface area contributed by atoms with Gasteiger partial charge in [0.05, 0.1) is 27.5 Å². The molecular formula is C70H76N2Si2. The molecule has 10 rings (SSSR count). The van der Waals surface area contributed by atoms with Crippen molar-refractivity contribution < 1.29 is 0 Å². The normalized spacial score (nSPS) is 12.3. The van der Waals surface area contributed by atoms with Gasteiger partial charge in [0.1, 0.15) is 0 Å². The highest BCUT2D eigenvalue weighted by atomic mass is 28.3. The summed E-state index contributed by atoms with van der Waals surface area (Å²) < 4.78 is 0. The Kier molecular flexibility index (Phi) is 13.2. The fraction of sp³-hybridized carbons (Fsp3) is 0.257. The smallest absolute Gasteiger partial charge is 0.0775 e. The first-order valence-electron chi connectivity index (χ1n) is 27.1. The van der Waals surface area contributed by atoms with Crippen molar-refractivity contribution in [1.29, 1.82) is 0 Å². The molecule has 0 unspecified atom stereocenters. The molecule has 0 aliphatic carbocycles. The van der Waals surface area contributed by atoms with Gasteiger partial charge in [-0.25, -0.2) is 0 Å². The van der Waals surface area contributed by atoms with E-state index in [2.05, 4.69) is 276 Å². The Morgan fingerprint density at radius 1 is 0.324 bits per heavy atom. The molecule has 0 bridgehead atoms. The number of rotatable bonds is 12. The molecule has 0 N–H and O–H groups in total. The number of hydrogen-bond acceptors (Lipinski definition) is 2. The highest BCUT2D eigenvalue weighted by Crippen LogP contribution is 2.52. The molecular weight excluding hydrogens is 925 g/mol. The second-order valence-corrected chi connectivity index (χ2v) is 34.3. The Hall–Kier alpha value is -6.73. The lowest BCUT2D eigenvalue weighted by molar-refractivity contribution is 0.875. The molecule has 0 aliphatic heterocycles. The highest BCUT2D eigenvalue weighted by molar-refractivity contribution is 6.89. The fourth-order valence-electron chi connectivity index (χ4n) is 11.9. The maximum Gasteiger partial charge on any atom is 0.0775 e. The van der Waals surface area contributed by atoms with Crippen molar-refractivity contribution in [2.24, 2.45) is 0 Å². The van der Waals surface area contributed by atoms with Crippen LogP contribution in [0.5, 0.6) is 0 Å². The van der Waals surface area contributed by atoms with Crippen LogP contribution in [0.4, 0.5) is 34.1 Å². The zero-order valence-electron chi connectivity index (χ0n) is 47.1. The van der Waals surface area contributed by atoms with Crippen LogP contribution in [0.1, 0.15) is 84.0 Å². The number of nitrogens with zero attached hydrogens (tertiary/aromatic N) is 2. The third-order valence-electron chi connectivity index (χ3n) is 16.1. The van der Waals surface area contributed by atoms with Gasteiger partial charge in [0.25, 0.3) is 0 Å². The van der Waals surface area contributed by atoms with Crippen molar-refractivity contribution in [3.63, 3.8) is 0 Å². The Balaban J connectivity index is 1.32. The summed E-state index contributed by atoms with van der Waals surface area (Å²) in [5.41, 5.74) is 22.7. The third-order valence-corrected chi connectivity index (χ3v) is 20.2. The molecule has 4 heteroatoms. The largest absolute Gasteiger partial charge is 0.310 e. The van der Waals surface area contributed by atoms with Crippen molar-refractivity contribution in [3.05, 3.63) is 202 Å². The van der Waals surface area contributed by atoms with E-state index in [1.54, 1.807) is 0 Å². The maximum atomic E-state index is 2.59. The van der Waals surface area contributed by atoms with Crippen molar-refractivity contribution in [1.82, 2.24) is 0 Å². The summed E-state index contributed by atoms with van der Waals surface area (Å²) in [6.07, 6.45) is 0. The summed E-state index contributed by atoms with van der Waals surface area (Å²) in [5.74, 6) is 0.550. The molecule has 0 spiro atoms. The minimum atomic E-state index is -1.58. The molecule has 0 saturated heterocycles. The molecule has 0 saturated carbocycles. The van der Waals surface area contributed by atoms with Crippen LogP contribution in [0.25, 0.3) is 54.6 Å². The van der Waals surface area contributed by atoms with Gasteiger partial charge in [-0.2, -0.15) is 0 Å². The quantitative estimate of drug-likeness (QED) is 0.0889. The van der Waals surface area contributed by atoms with Gasteiger partial charge in [0.2, 0.25) is 0 Å². The standard InChI is InChI=1S/C70H76N2Si2/c1-43(2)61-41-65(71(53-27-31-55(32-28-53)73(11,12)13)63-39-51(25-23-45(63)5)67-47(7)19-17-20-48(67)8)59-38-36-58-62(44(3)4)42-66(60-37-35-57(61)69(59)70(58)60)72(54-29-33-56(34-30-54)74(14,15)16)64-40-52(26-24-46(64)6)68-49(9)21-18-22-50(68)10/h17-44H,1-16H3. The van der Waals surface area contributed by atoms with E-state index in [1.165, 1.54) is 144 Å². The summed E-state index contributed by atoms with van der Waals surface area (Å²) >= 11 is 0. The lowest BCUT2D eigenvalue weighted by Crippen LogP contribution is -2.37. The van der Waals surface area contributed by atoms with Gasteiger partial charge in [-0.15, -0.1) is 0 Å². The summed E-state index contributed by atoms with van der Waals surface area (Å²) in [6.45, 7) is 37.7. The molecule has 0 atom stereocenters. The highest BCUT2D eigenvalue weighted by Gasteiger charge is 2.29. The monoisotopic (exact) mass is 1000 g/mol. The first kappa shape index (κ1) is 50.8. The summed E-state index contributed by atoms with van der Waals surface area (Å²) in [6, 6.07) is 61.6. The minimum Gasteiger partial charge on any atom is -0.310 e. The van der Waals surface area contributed by atoms with Gasteiger partial charge in [-0.05, 0) is 190 Å². The van der Waals surface area contributed by atoms with Crippen LogP contribution in [0, 0.1) is 41.5 Å². The first-order chi connectivity index (χ1) is 35.1. The molecule has 374 valence electrons. The van der Waals surface area contributed by atoms with Crippen molar-refractivity contribution in [2.45, 2.75) is 120 Å². The van der Waals surface area contributed by atoms with E-state index >= 15 is 0 Å². The first-order valence-corrected chi connectivity index (χ1v) is 34.1. The molecule has 2 nitrogen and oxygen atoms in total. The van der Waals surface area contributed by atoms with Gasteiger partial charge in [0.15, 0.2) is 0 Å². The number of anilines is 6. The van der Waals surface area contributed by atoms with E-state index in [1.807, 2.05) is 0 Å². The maximum absolute atomic E-state index is 2.59. The molecule has 10 aromatic carbocycles. The lowest BCUT2D eigenvalue weighted by Gasteiger charge is -2.33. The zero-order valence-corrected chi connectivity index (χ0v) is 49.1. The molecule has 10 aromatic rings. The van der Waals surface area contributed by atoms with Crippen molar-refractivity contribution >= 4 is 93.0 Å². The van der Waals surface area contributed by atoms with Crippen LogP contribution in [-0.2, 0) is 0 Å². The van der Waals surface area contributed by atoms with Crippen molar-refractivity contribution in [2.75, 3.05) is 9.80 Å². The van der Waals surface area contributed by atoms with E-state index < -0.39 is 16.1 Å². The van der Waals surface area contributed by atoms with Crippen LogP contribution in [-0.4, -0.2) is 16.1 Å². The van der Waals surface area contributed by atoms with E-state index in [0.717, 1.165) is 0 Å². The zero-order chi connectivity index (χ0) is 52.7. The minimum absolute atomic E-state index is 0.275. The van der Waals surface area contributed by atoms with E-state index in [9.17, 15) is 0 Å². The fourth-order valence-corrected chi connectivity index (χ4v) is 14.3. The molecule has 0 aromatic heterocycles. The number of benzene rings is 10. The average molecular weight is 1000 g/mol. The Bertz CT molecular complexity index is 3460. The van der Waals surface area contributed by atoms with Gasteiger partial charge >= 0.3 is 0 Å². The van der Waals surface area contributed by atoms with Crippen LogP contribution < -0.4 is 20.2 Å². The molecule has 74 heavy (non-hydrogen) atoms. The van der Waals surface area contributed by atoms with E-state index in [0.29, 0.717) is 0 Å². The second-order valence-electron chi connectivity index (χ2n) is 24.2. The number of aryl methyl sites for hydroxylation is 6. The Labute approximate surface area is 445 Å². The van der Waals surface area contributed by atoms with Gasteiger partial charge in [0, 0.05) is 33.5 Å². The molecule has 0 amide bonds. The van der Waals surface area contributed by atoms with E-state index in [-0.39, 0.29) is 11.8 Å². The average Bonchev–Trinajstić information content (AvgIpc) is 3.35. The summed E-state index contributed by atoms with van der Waals surface area (Å²) in [5, 5.41) is 10.8. The van der Waals surface area contributed by atoms with Gasteiger partial charge in [-0.1, -0.05) is 187 Å². The predicted octanol–water partition coefficient (Wildman–Crippen LogP) is 20.0. The van der Waals surface area contributed by atoms with Gasteiger partial charge < -0.3 is 9.80 Å². The molecule has 0 heterocycles. The number of hydrogen-bond donors (Lipinski definition) is 0. The van der Waals surface area contributed by atoms with Gasteiger partial charge in [-0.3, -0.25) is 0 Å². The van der Waals surface area contributed by atoms with Crippen LogP contribution >= 0.6 is 0 Å². The SMILES string of the molecule is Cc1ccc(-c2c(C)cccc2C)cc1N(c1ccc([Si](C)(C)C)cc1)c1cc(C(C)C)c2ccc3c(N(c4ccc([Si](C)(C)C)cc4)c4cc(-c5c(C)cccc5C)ccc4C)cc(C(C)C)c4ccc1c2c43. The van der Waals surface area contributed by atoms with E-state index in [4.69, 9.17) is 0 Å². The van der Waals surface area contributed by atoms with Crippen molar-refractivity contribution in [3.8, 4) is 22.3 Å². The topological polar surface area (TPSA) is 6.48 Å². The molecule has 0 fully saturated rings. The Morgan fingerprint density at radius 2 is 0.649 bits per heavy atom.